The Kier molecular flexibility index (Phi) is 3.43. The van der Waals surface area contributed by atoms with Gasteiger partial charge in [-0.3, -0.25) is 4.90 Å². The van der Waals surface area contributed by atoms with Gasteiger partial charge in [0.15, 0.2) is 0 Å². The van der Waals surface area contributed by atoms with Gasteiger partial charge in [0.2, 0.25) is 10.0 Å². The van der Waals surface area contributed by atoms with E-state index in [0.717, 1.165) is 25.7 Å². The molecule has 2 aliphatic rings. The summed E-state index contributed by atoms with van der Waals surface area (Å²) in [5.41, 5.74) is -0.316. The molecule has 0 bridgehead atoms. The monoisotopic (exact) mass is 257 g/mol. The van der Waals surface area contributed by atoms with Crippen LogP contribution in [0, 0.1) is 11.3 Å². The molecule has 1 heterocycles. The minimum atomic E-state index is -3.08. The molecule has 0 N–H and O–H groups in total. The van der Waals surface area contributed by atoms with Gasteiger partial charge in [-0.05, 0) is 12.8 Å². The number of hydrogen-bond donors (Lipinski definition) is 0. The van der Waals surface area contributed by atoms with Crippen molar-refractivity contribution in [2.24, 2.45) is 0 Å². The zero-order valence-electron chi connectivity index (χ0n) is 10.2. The summed E-state index contributed by atoms with van der Waals surface area (Å²) in [6.07, 6.45) is 5.34. The number of rotatable bonds is 2. The Morgan fingerprint density at radius 3 is 2.06 bits per heavy atom. The van der Waals surface area contributed by atoms with Crippen molar-refractivity contribution in [1.29, 1.82) is 5.26 Å². The number of hydrogen-bond acceptors (Lipinski definition) is 4. The van der Waals surface area contributed by atoms with Crippen molar-refractivity contribution in [3.8, 4) is 6.07 Å². The molecule has 0 radical (unpaired) electrons. The Hall–Kier alpha value is -0.640. The molecule has 0 aromatic carbocycles. The highest BCUT2D eigenvalue weighted by molar-refractivity contribution is 7.88. The van der Waals surface area contributed by atoms with Crippen LogP contribution in [0.1, 0.15) is 25.7 Å². The van der Waals surface area contributed by atoms with Crippen LogP contribution in [0.3, 0.4) is 0 Å². The molecular weight excluding hydrogens is 238 g/mol. The van der Waals surface area contributed by atoms with Crippen LogP contribution in [-0.4, -0.2) is 55.6 Å². The second-order valence-electron chi connectivity index (χ2n) is 5.00. The molecule has 96 valence electrons. The molecule has 0 atom stereocenters. The molecule has 2 rings (SSSR count). The van der Waals surface area contributed by atoms with Crippen LogP contribution in [0.5, 0.6) is 0 Å². The van der Waals surface area contributed by atoms with Crippen molar-refractivity contribution in [2.45, 2.75) is 31.2 Å². The number of nitrogens with zero attached hydrogens (tertiary/aromatic N) is 3. The van der Waals surface area contributed by atoms with Crippen LogP contribution in [0.2, 0.25) is 0 Å². The first-order valence-electron chi connectivity index (χ1n) is 6.09. The minimum Gasteiger partial charge on any atom is -0.283 e. The second kappa shape index (κ2) is 4.56. The smallest absolute Gasteiger partial charge is 0.211 e. The molecule has 0 spiro atoms. The van der Waals surface area contributed by atoms with Crippen LogP contribution in [0.4, 0.5) is 0 Å². The summed E-state index contributed by atoms with van der Waals surface area (Å²) in [4.78, 5) is 2.18. The van der Waals surface area contributed by atoms with Gasteiger partial charge >= 0.3 is 0 Å². The standard InChI is InChI=1S/C11H19N3O2S/c1-17(15,16)14-8-6-13(7-9-14)11(10-12)4-2-3-5-11/h2-9H2,1H3. The van der Waals surface area contributed by atoms with Crippen LogP contribution in [0.25, 0.3) is 0 Å². The number of nitriles is 1. The van der Waals surface area contributed by atoms with Crippen LogP contribution >= 0.6 is 0 Å². The molecule has 1 aliphatic carbocycles. The second-order valence-corrected chi connectivity index (χ2v) is 6.98. The zero-order valence-corrected chi connectivity index (χ0v) is 11.0. The molecule has 1 saturated carbocycles. The van der Waals surface area contributed by atoms with Gasteiger partial charge in [-0.25, -0.2) is 8.42 Å². The highest BCUT2D eigenvalue weighted by atomic mass is 32.2. The average molecular weight is 257 g/mol. The Balaban J connectivity index is 2.02. The first kappa shape index (κ1) is 12.8. The van der Waals surface area contributed by atoms with E-state index in [4.69, 9.17) is 0 Å². The van der Waals surface area contributed by atoms with Crippen molar-refractivity contribution in [1.82, 2.24) is 9.21 Å². The molecule has 1 saturated heterocycles. The summed E-state index contributed by atoms with van der Waals surface area (Å²) in [6.45, 7) is 2.39. The van der Waals surface area contributed by atoms with Crippen LogP contribution in [-0.2, 0) is 10.0 Å². The van der Waals surface area contributed by atoms with Crippen molar-refractivity contribution in [3.05, 3.63) is 0 Å². The van der Waals surface area contributed by atoms with E-state index >= 15 is 0 Å². The maximum absolute atomic E-state index is 11.4. The molecule has 2 fully saturated rings. The number of sulfonamides is 1. The van der Waals surface area contributed by atoms with Gasteiger partial charge in [-0.15, -0.1) is 0 Å². The summed E-state index contributed by atoms with van der Waals surface area (Å²) in [5.74, 6) is 0. The maximum Gasteiger partial charge on any atom is 0.211 e. The lowest BCUT2D eigenvalue weighted by atomic mass is 9.96. The zero-order chi connectivity index (χ0) is 12.5. The van der Waals surface area contributed by atoms with Gasteiger partial charge in [0.1, 0.15) is 5.54 Å². The molecule has 0 aromatic rings. The predicted octanol–water partition coefficient (Wildman–Crippen LogP) is 0.400. The van der Waals surface area contributed by atoms with E-state index in [1.807, 2.05) is 0 Å². The van der Waals surface area contributed by atoms with Gasteiger partial charge in [-0.1, -0.05) is 12.8 Å². The van der Waals surface area contributed by atoms with E-state index in [9.17, 15) is 13.7 Å². The van der Waals surface area contributed by atoms with Gasteiger partial charge in [0.05, 0.1) is 12.3 Å². The topological polar surface area (TPSA) is 64.4 Å². The van der Waals surface area contributed by atoms with Gasteiger partial charge in [0, 0.05) is 26.2 Å². The average Bonchev–Trinajstić information content (AvgIpc) is 2.78. The summed E-state index contributed by atoms with van der Waals surface area (Å²) < 4.78 is 24.3. The Labute approximate surface area is 103 Å². The van der Waals surface area contributed by atoms with E-state index in [-0.39, 0.29) is 5.54 Å². The Bertz CT molecular complexity index is 412. The Morgan fingerprint density at radius 2 is 1.65 bits per heavy atom. The normalized spacial score (nSPS) is 26.8. The van der Waals surface area contributed by atoms with E-state index < -0.39 is 10.0 Å². The van der Waals surface area contributed by atoms with E-state index in [1.54, 1.807) is 0 Å². The molecule has 17 heavy (non-hydrogen) atoms. The summed E-state index contributed by atoms with van der Waals surface area (Å²) in [7, 11) is -3.08. The molecule has 1 aliphatic heterocycles. The fourth-order valence-corrected chi connectivity index (χ4v) is 3.73. The maximum atomic E-state index is 11.4. The van der Waals surface area contributed by atoms with Crippen LogP contribution in [0.15, 0.2) is 0 Å². The first-order valence-corrected chi connectivity index (χ1v) is 7.94. The molecule has 0 aromatic heterocycles. The highest BCUT2D eigenvalue weighted by Crippen LogP contribution is 2.35. The minimum absolute atomic E-state index is 0.316. The van der Waals surface area contributed by atoms with E-state index in [1.165, 1.54) is 10.6 Å². The van der Waals surface area contributed by atoms with E-state index in [0.29, 0.717) is 26.2 Å². The quantitative estimate of drug-likeness (QED) is 0.718. The molecule has 0 unspecified atom stereocenters. The molecule has 6 heteroatoms. The summed E-state index contributed by atoms with van der Waals surface area (Å²) in [5, 5.41) is 9.37. The van der Waals surface area contributed by atoms with Crippen molar-refractivity contribution >= 4 is 10.0 Å². The van der Waals surface area contributed by atoms with Gasteiger partial charge < -0.3 is 0 Å². The molecular formula is C11H19N3O2S. The van der Waals surface area contributed by atoms with Crippen molar-refractivity contribution in [3.63, 3.8) is 0 Å². The molecule has 5 nitrogen and oxygen atoms in total. The lowest BCUT2D eigenvalue weighted by molar-refractivity contribution is 0.0962. The summed E-state index contributed by atoms with van der Waals surface area (Å²) in [6, 6.07) is 2.46. The fourth-order valence-electron chi connectivity index (χ4n) is 2.91. The fraction of sp³-hybridized carbons (Fsp3) is 0.909. The summed E-state index contributed by atoms with van der Waals surface area (Å²) >= 11 is 0. The third-order valence-corrected chi connectivity index (χ3v) is 5.25. The predicted molar refractivity (Wildman–Crippen MR) is 64.8 cm³/mol. The Morgan fingerprint density at radius 1 is 1.12 bits per heavy atom. The highest BCUT2D eigenvalue weighted by Gasteiger charge is 2.41. The first-order chi connectivity index (χ1) is 7.98. The van der Waals surface area contributed by atoms with Gasteiger partial charge in [0.25, 0.3) is 0 Å². The van der Waals surface area contributed by atoms with E-state index in [2.05, 4.69) is 11.0 Å². The SMILES string of the molecule is CS(=O)(=O)N1CCN(C2(C#N)CCCC2)CC1. The molecule has 0 amide bonds. The van der Waals surface area contributed by atoms with Gasteiger partial charge in [-0.2, -0.15) is 9.57 Å². The lowest BCUT2D eigenvalue weighted by Crippen LogP contribution is -2.56. The van der Waals surface area contributed by atoms with Crippen molar-refractivity contribution in [2.75, 3.05) is 32.4 Å². The largest absolute Gasteiger partial charge is 0.283 e. The number of piperazine rings is 1. The van der Waals surface area contributed by atoms with Crippen molar-refractivity contribution < 1.29 is 8.42 Å². The van der Waals surface area contributed by atoms with Crippen LogP contribution < -0.4 is 0 Å². The third kappa shape index (κ3) is 2.46. The third-order valence-electron chi connectivity index (χ3n) is 3.95. The lowest BCUT2D eigenvalue weighted by Gasteiger charge is -2.41.